The van der Waals surface area contributed by atoms with E-state index in [1.807, 2.05) is 26.0 Å². The summed E-state index contributed by atoms with van der Waals surface area (Å²) < 4.78 is 5.66. The highest BCUT2D eigenvalue weighted by Crippen LogP contribution is 2.13. The lowest BCUT2D eigenvalue weighted by Gasteiger charge is -2.16. The predicted molar refractivity (Wildman–Crippen MR) is 101 cm³/mol. The molecule has 3 heteroatoms. The lowest BCUT2D eigenvalue weighted by molar-refractivity contribution is 0.242. The zero-order valence-corrected chi connectivity index (χ0v) is 15.2. The number of nitrogens with one attached hydrogen (secondary N) is 1. The van der Waals surface area contributed by atoms with E-state index in [9.17, 15) is 0 Å². The molecule has 0 unspecified atom stereocenters. The number of hydrogen-bond acceptors (Lipinski definition) is 3. The van der Waals surface area contributed by atoms with Crippen molar-refractivity contribution in [2.45, 2.75) is 39.5 Å². The van der Waals surface area contributed by atoms with Gasteiger partial charge < -0.3 is 15.0 Å². The van der Waals surface area contributed by atoms with Crippen LogP contribution in [0.4, 0.5) is 0 Å². The fourth-order valence-corrected chi connectivity index (χ4v) is 2.64. The van der Waals surface area contributed by atoms with Gasteiger partial charge in [-0.3, -0.25) is 0 Å². The van der Waals surface area contributed by atoms with Gasteiger partial charge in [0.2, 0.25) is 0 Å². The van der Waals surface area contributed by atoms with Crippen LogP contribution in [0.3, 0.4) is 0 Å². The first-order valence-corrected chi connectivity index (χ1v) is 8.82. The summed E-state index contributed by atoms with van der Waals surface area (Å²) in [6, 6.07) is 19.0. The number of benzene rings is 2. The normalized spacial score (nSPS) is 11.2. The predicted octanol–water partition coefficient (Wildman–Crippen LogP) is 4.09. The highest BCUT2D eigenvalue weighted by atomic mass is 16.5. The highest BCUT2D eigenvalue weighted by molar-refractivity contribution is 5.27. The summed E-state index contributed by atoms with van der Waals surface area (Å²) in [4.78, 5) is 2.37. The van der Waals surface area contributed by atoms with Crippen molar-refractivity contribution in [1.82, 2.24) is 10.2 Å². The molecule has 0 saturated heterocycles. The van der Waals surface area contributed by atoms with E-state index < -0.39 is 0 Å². The fraction of sp³-hybridized carbons (Fsp3) is 0.429. The standard InChI is InChI=1S/C21H30N2O/c1-18(2)24-21-12-10-19(11-13-21)16-22-14-7-15-23(3)17-20-8-5-4-6-9-20/h4-6,8-13,18,22H,7,14-17H2,1-3H3. The van der Waals surface area contributed by atoms with Crippen LogP contribution in [0.2, 0.25) is 0 Å². The Morgan fingerprint density at radius 1 is 0.958 bits per heavy atom. The van der Waals surface area contributed by atoms with Crippen molar-refractivity contribution in [3.8, 4) is 5.75 Å². The van der Waals surface area contributed by atoms with Gasteiger partial charge in [-0.2, -0.15) is 0 Å². The SMILES string of the molecule is CC(C)Oc1ccc(CNCCCN(C)Cc2ccccc2)cc1. The Morgan fingerprint density at radius 3 is 2.33 bits per heavy atom. The monoisotopic (exact) mass is 326 g/mol. The quantitative estimate of drug-likeness (QED) is 0.666. The molecule has 3 nitrogen and oxygen atoms in total. The topological polar surface area (TPSA) is 24.5 Å². The summed E-state index contributed by atoms with van der Waals surface area (Å²) in [5.41, 5.74) is 2.67. The van der Waals surface area contributed by atoms with Crippen LogP contribution in [-0.4, -0.2) is 31.1 Å². The van der Waals surface area contributed by atoms with E-state index in [-0.39, 0.29) is 6.10 Å². The Morgan fingerprint density at radius 2 is 1.67 bits per heavy atom. The zero-order valence-electron chi connectivity index (χ0n) is 15.2. The third-order valence-corrected chi connectivity index (χ3v) is 3.81. The number of ether oxygens (including phenoxy) is 1. The molecule has 2 rings (SSSR count). The average Bonchev–Trinajstić information content (AvgIpc) is 2.56. The summed E-state index contributed by atoms with van der Waals surface area (Å²) in [6.45, 7) is 8.14. The van der Waals surface area contributed by atoms with Gasteiger partial charge >= 0.3 is 0 Å². The van der Waals surface area contributed by atoms with E-state index in [1.54, 1.807) is 0 Å². The Balaban J connectivity index is 1.59. The van der Waals surface area contributed by atoms with Crippen molar-refractivity contribution < 1.29 is 4.74 Å². The minimum Gasteiger partial charge on any atom is -0.491 e. The molecule has 2 aromatic rings. The second-order valence-electron chi connectivity index (χ2n) is 6.56. The van der Waals surface area contributed by atoms with Gasteiger partial charge in [-0.15, -0.1) is 0 Å². The molecule has 0 fully saturated rings. The summed E-state index contributed by atoms with van der Waals surface area (Å²) in [5, 5.41) is 3.51. The molecule has 0 radical (unpaired) electrons. The fourth-order valence-electron chi connectivity index (χ4n) is 2.64. The summed E-state index contributed by atoms with van der Waals surface area (Å²) in [6.07, 6.45) is 1.37. The van der Waals surface area contributed by atoms with Crippen LogP contribution in [0.25, 0.3) is 0 Å². The van der Waals surface area contributed by atoms with Crippen molar-refractivity contribution in [3.63, 3.8) is 0 Å². The van der Waals surface area contributed by atoms with Crippen LogP contribution in [0, 0.1) is 0 Å². The second kappa shape index (κ2) is 10.1. The minimum atomic E-state index is 0.224. The Kier molecular flexibility index (Phi) is 7.80. The molecule has 0 heterocycles. The molecule has 0 aliphatic carbocycles. The van der Waals surface area contributed by atoms with Gasteiger partial charge in [0.15, 0.2) is 0 Å². The van der Waals surface area contributed by atoms with Crippen molar-refractivity contribution in [2.75, 3.05) is 20.1 Å². The molecule has 130 valence electrons. The molecule has 2 aromatic carbocycles. The van der Waals surface area contributed by atoms with Gasteiger partial charge in [0.1, 0.15) is 5.75 Å². The van der Waals surface area contributed by atoms with Gasteiger partial charge in [-0.1, -0.05) is 42.5 Å². The van der Waals surface area contributed by atoms with Crippen LogP contribution < -0.4 is 10.1 Å². The van der Waals surface area contributed by atoms with Gasteiger partial charge in [-0.25, -0.2) is 0 Å². The molecule has 0 amide bonds. The Bertz CT molecular complexity index is 566. The van der Waals surface area contributed by atoms with Gasteiger partial charge in [0.25, 0.3) is 0 Å². The minimum absolute atomic E-state index is 0.224. The van der Waals surface area contributed by atoms with Crippen LogP contribution in [0.15, 0.2) is 54.6 Å². The first kappa shape index (κ1) is 18.5. The molecular weight excluding hydrogens is 296 g/mol. The summed E-state index contributed by atoms with van der Waals surface area (Å²) in [5.74, 6) is 0.941. The molecule has 0 bridgehead atoms. The van der Waals surface area contributed by atoms with Gasteiger partial charge in [0.05, 0.1) is 6.10 Å². The van der Waals surface area contributed by atoms with Gasteiger partial charge in [0, 0.05) is 13.1 Å². The van der Waals surface area contributed by atoms with E-state index in [0.717, 1.165) is 38.3 Å². The largest absolute Gasteiger partial charge is 0.491 e. The van der Waals surface area contributed by atoms with Crippen molar-refractivity contribution in [3.05, 3.63) is 65.7 Å². The van der Waals surface area contributed by atoms with E-state index >= 15 is 0 Å². The maximum absolute atomic E-state index is 5.66. The number of rotatable bonds is 10. The molecule has 0 saturated carbocycles. The van der Waals surface area contributed by atoms with E-state index in [2.05, 4.69) is 59.7 Å². The van der Waals surface area contributed by atoms with Crippen molar-refractivity contribution >= 4 is 0 Å². The van der Waals surface area contributed by atoms with E-state index in [4.69, 9.17) is 4.74 Å². The third-order valence-electron chi connectivity index (χ3n) is 3.81. The number of hydrogen-bond donors (Lipinski definition) is 1. The molecule has 0 spiro atoms. The molecule has 1 N–H and O–H groups in total. The van der Waals surface area contributed by atoms with E-state index in [0.29, 0.717) is 0 Å². The third kappa shape index (κ3) is 7.16. The first-order valence-electron chi connectivity index (χ1n) is 8.82. The van der Waals surface area contributed by atoms with Crippen molar-refractivity contribution in [1.29, 1.82) is 0 Å². The second-order valence-corrected chi connectivity index (χ2v) is 6.56. The van der Waals surface area contributed by atoms with E-state index in [1.165, 1.54) is 11.1 Å². The van der Waals surface area contributed by atoms with Crippen LogP contribution >= 0.6 is 0 Å². The number of nitrogens with zero attached hydrogens (tertiary/aromatic N) is 1. The lowest BCUT2D eigenvalue weighted by Crippen LogP contribution is -2.23. The molecule has 24 heavy (non-hydrogen) atoms. The smallest absolute Gasteiger partial charge is 0.119 e. The summed E-state index contributed by atoms with van der Waals surface area (Å²) >= 11 is 0. The van der Waals surface area contributed by atoms with Crippen LogP contribution in [0.5, 0.6) is 5.75 Å². The lowest BCUT2D eigenvalue weighted by atomic mass is 10.2. The molecule has 0 aliphatic rings. The first-order chi connectivity index (χ1) is 11.6. The zero-order chi connectivity index (χ0) is 17.2. The maximum Gasteiger partial charge on any atom is 0.119 e. The van der Waals surface area contributed by atoms with Crippen LogP contribution in [-0.2, 0) is 13.1 Å². The van der Waals surface area contributed by atoms with Crippen molar-refractivity contribution in [2.24, 2.45) is 0 Å². The highest BCUT2D eigenvalue weighted by Gasteiger charge is 2.01. The van der Waals surface area contributed by atoms with Crippen LogP contribution in [0.1, 0.15) is 31.4 Å². The molecular formula is C21H30N2O. The molecule has 0 atom stereocenters. The Hall–Kier alpha value is -1.84. The summed E-state index contributed by atoms with van der Waals surface area (Å²) in [7, 11) is 2.18. The average molecular weight is 326 g/mol. The maximum atomic E-state index is 5.66. The van der Waals surface area contributed by atoms with Gasteiger partial charge in [-0.05, 0) is 63.7 Å². The molecule has 0 aromatic heterocycles. The Labute approximate surface area is 146 Å². The molecule has 0 aliphatic heterocycles.